The molecule has 0 amide bonds. The molecule has 1 unspecified atom stereocenters. The zero-order valence-corrected chi connectivity index (χ0v) is 14.8. The summed E-state index contributed by atoms with van der Waals surface area (Å²) in [5.41, 5.74) is 2.53. The molecule has 2 aromatic heterocycles. The SMILES string of the molecule is COc1cc(CNc2ncnc3c2ncn3C2CCCO2)cc(OC)c1. The molecule has 3 aromatic rings. The van der Waals surface area contributed by atoms with E-state index in [1.165, 1.54) is 0 Å². The van der Waals surface area contributed by atoms with E-state index in [2.05, 4.69) is 20.3 Å². The van der Waals surface area contributed by atoms with E-state index in [0.717, 1.165) is 47.7 Å². The number of ether oxygens (including phenoxy) is 3. The number of nitrogens with one attached hydrogen (secondary N) is 1. The Morgan fingerprint density at radius 1 is 1.15 bits per heavy atom. The van der Waals surface area contributed by atoms with Crippen LogP contribution in [-0.2, 0) is 11.3 Å². The number of nitrogens with zero attached hydrogens (tertiary/aromatic N) is 4. The van der Waals surface area contributed by atoms with Crippen LogP contribution in [0.4, 0.5) is 5.82 Å². The van der Waals surface area contributed by atoms with Crippen LogP contribution in [0.15, 0.2) is 30.9 Å². The molecule has 0 bridgehead atoms. The van der Waals surface area contributed by atoms with Crippen LogP contribution in [0.25, 0.3) is 11.2 Å². The van der Waals surface area contributed by atoms with Gasteiger partial charge in [-0.2, -0.15) is 0 Å². The Labute approximate surface area is 151 Å². The zero-order chi connectivity index (χ0) is 17.9. The molecule has 8 nitrogen and oxygen atoms in total. The standard InChI is InChI=1S/C18H21N5O3/c1-24-13-6-12(7-14(8-13)25-2)9-19-17-16-18(21-10-20-17)23(11-22-16)15-4-3-5-26-15/h6-8,10-11,15H,3-5,9H2,1-2H3,(H,19,20,21). The van der Waals surface area contributed by atoms with Gasteiger partial charge in [-0.25, -0.2) is 15.0 Å². The van der Waals surface area contributed by atoms with E-state index >= 15 is 0 Å². The lowest BCUT2D eigenvalue weighted by atomic mass is 10.2. The summed E-state index contributed by atoms with van der Waals surface area (Å²) in [6.07, 6.45) is 5.35. The summed E-state index contributed by atoms with van der Waals surface area (Å²) >= 11 is 0. The van der Waals surface area contributed by atoms with E-state index in [9.17, 15) is 0 Å². The van der Waals surface area contributed by atoms with Gasteiger partial charge in [-0.15, -0.1) is 0 Å². The minimum absolute atomic E-state index is 0.00500. The van der Waals surface area contributed by atoms with Crippen LogP contribution in [0.2, 0.25) is 0 Å². The van der Waals surface area contributed by atoms with E-state index in [1.54, 1.807) is 26.9 Å². The lowest BCUT2D eigenvalue weighted by Crippen LogP contribution is -2.07. The molecule has 0 radical (unpaired) electrons. The van der Waals surface area contributed by atoms with Crippen molar-refractivity contribution in [1.82, 2.24) is 19.5 Å². The Morgan fingerprint density at radius 2 is 1.96 bits per heavy atom. The highest BCUT2D eigenvalue weighted by atomic mass is 16.5. The third-order valence-corrected chi connectivity index (χ3v) is 4.45. The number of rotatable bonds is 6. The van der Waals surface area contributed by atoms with Gasteiger partial charge in [0.15, 0.2) is 17.0 Å². The van der Waals surface area contributed by atoms with Crippen molar-refractivity contribution in [2.24, 2.45) is 0 Å². The van der Waals surface area contributed by atoms with Gasteiger partial charge in [0, 0.05) is 19.2 Å². The summed E-state index contributed by atoms with van der Waals surface area (Å²) < 4.78 is 18.3. The van der Waals surface area contributed by atoms with Crippen molar-refractivity contribution in [1.29, 1.82) is 0 Å². The van der Waals surface area contributed by atoms with Gasteiger partial charge in [-0.1, -0.05) is 0 Å². The monoisotopic (exact) mass is 355 g/mol. The van der Waals surface area contributed by atoms with Crippen LogP contribution in [-0.4, -0.2) is 40.3 Å². The maximum absolute atomic E-state index is 5.74. The van der Waals surface area contributed by atoms with Crippen LogP contribution in [0.3, 0.4) is 0 Å². The first-order chi connectivity index (χ1) is 12.8. The summed E-state index contributed by atoms with van der Waals surface area (Å²) in [4.78, 5) is 13.2. The van der Waals surface area contributed by atoms with Gasteiger partial charge in [0.05, 0.1) is 20.5 Å². The lowest BCUT2D eigenvalue weighted by molar-refractivity contribution is 0.0593. The minimum atomic E-state index is 0.00500. The number of hydrogen-bond donors (Lipinski definition) is 1. The van der Waals surface area contributed by atoms with Crippen molar-refractivity contribution in [3.63, 3.8) is 0 Å². The fourth-order valence-electron chi connectivity index (χ4n) is 3.13. The van der Waals surface area contributed by atoms with Crippen LogP contribution in [0, 0.1) is 0 Å². The Balaban J connectivity index is 1.58. The average Bonchev–Trinajstić information content (AvgIpc) is 3.35. The number of benzene rings is 1. The molecule has 1 fully saturated rings. The van der Waals surface area contributed by atoms with Crippen molar-refractivity contribution in [2.45, 2.75) is 25.6 Å². The van der Waals surface area contributed by atoms with Crippen molar-refractivity contribution in [3.05, 3.63) is 36.4 Å². The number of methoxy groups -OCH3 is 2. The smallest absolute Gasteiger partial charge is 0.167 e. The molecule has 1 aliphatic rings. The second-order valence-corrected chi connectivity index (χ2v) is 6.09. The highest BCUT2D eigenvalue weighted by Crippen LogP contribution is 2.28. The van der Waals surface area contributed by atoms with Crippen LogP contribution >= 0.6 is 0 Å². The first kappa shape index (κ1) is 16.6. The van der Waals surface area contributed by atoms with Crippen LogP contribution in [0.5, 0.6) is 11.5 Å². The number of aromatic nitrogens is 4. The highest BCUT2D eigenvalue weighted by molar-refractivity contribution is 5.82. The predicted octanol–water partition coefficient (Wildman–Crippen LogP) is 2.76. The Bertz CT molecular complexity index is 883. The van der Waals surface area contributed by atoms with Gasteiger partial charge < -0.3 is 19.5 Å². The average molecular weight is 355 g/mol. The molecule has 26 heavy (non-hydrogen) atoms. The fraction of sp³-hybridized carbons (Fsp3) is 0.389. The highest BCUT2D eigenvalue weighted by Gasteiger charge is 2.21. The molecule has 4 rings (SSSR count). The topological polar surface area (TPSA) is 83.3 Å². The van der Waals surface area contributed by atoms with Gasteiger partial charge in [-0.3, -0.25) is 4.57 Å². The van der Waals surface area contributed by atoms with Crippen molar-refractivity contribution in [3.8, 4) is 11.5 Å². The normalized spacial score (nSPS) is 16.8. The molecular formula is C18H21N5O3. The molecule has 136 valence electrons. The molecular weight excluding hydrogens is 334 g/mol. The predicted molar refractivity (Wildman–Crippen MR) is 96.4 cm³/mol. The number of imidazole rings is 1. The number of fused-ring (bicyclic) bond motifs is 1. The van der Waals surface area contributed by atoms with Crippen molar-refractivity contribution in [2.75, 3.05) is 26.1 Å². The van der Waals surface area contributed by atoms with Crippen molar-refractivity contribution >= 4 is 17.0 Å². The number of anilines is 1. The summed E-state index contributed by atoms with van der Waals surface area (Å²) in [7, 11) is 3.27. The first-order valence-corrected chi connectivity index (χ1v) is 8.53. The summed E-state index contributed by atoms with van der Waals surface area (Å²) in [5.74, 6) is 2.18. The largest absolute Gasteiger partial charge is 0.497 e. The summed E-state index contributed by atoms with van der Waals surface area (Å²) in [6.45, 7) is 1.34. The second-order valence-electron chi connectivity index (χ2n) is 6.09. The summed E-state index contributed by atoms with van der Waals surface area (Å²) in [5, 5.41) is 3.33. The molecule has 8 heteroatoms. The van der Waals surface area contributed by atoms with Gasteiger partial charge in [0.25, 0.3) is 0 Å². The van der Waals surface area contributed by atoms with E-state index in [0.29, 0.717) is 12.4 Å². The molecule has 1 aliphatic heterocycles. The minimum Gasteiger partial charge on any atom is -0.497 e. The van der Waals surface area contributed by atoms with E-state index in [-0.39, 0.29) is 6.23 Å². The Hall–Kier alpha value is -2.87. The van der Waals surface area contributed by atoms with Crippen molar-refractivity contribution < 1.29 is 14.2 Å². The van der Waals surface area contributed by atoms with Crippen LogP contribution in [0.1, 0.15) is 24.6 Å². The molecule has 1 atom stereocenters. The molecule has 0 spiro atoms. The maximum Gasteiger partial charge on any atom is 0.167 e. The van der Waals surface area contributed by atoms with Gasteiger partial charge in [-0.05, 0) is 30.5 Å². The van der Waals surface area contributed by atoms with Gasteiger partial charge >= 0.3 is 0 Å². The van der Waals surface area contributed by atoms with E-state index in [4.69, 9.17) is 14.2 Å². The molecule has 0 saturated carbocycles. The van der Waals surface area contributed by atoms with E-state index in [1.807, 2.05) is 22.8 Å². The Kier molecular flexibility index (Phi) is 4.57. The second kappa shape index (κ2) is 7.17. The molecule has 3 heterocycles. The zero-order valence-electron chi connectivity index (χ0n) is 14.8. The number of hydrogen-bond acceptors (Lipinski definition) is 7. The van der Waals surface area contributed by atoms with Crippen LogP contribution < -0.4 is 14.8 Å². The van der Waals surface area contributed by atoms with E-state index < -0.39 is 0 Å². The third kappa shape index (κ3) is 3.15. The molecule has 0 aliphatic carbocycles. The quantitative estimate of drug-likeness (QED) is 0.728. The fourth-order valence-corrected chi connectivity index (χ4v) is 3.13. The third-order valence-electron chi connectivity index (χ3n) is 4.45. The Morgan fingerprint density at radius 3 is 2.65 bits per heavy atom. The molecule has 1 saturated heterocycles. The maximum atomic E-state index is 5.74. The van der Waals surface area contributed by atoms with Gasteiger partial charge in [0.2, 0.25) is 0 Å². The first-order valence-electron chi connectivity index (χ1n) is 8.53. The molecule has 1 aromatic carbocycles. The van der Waals surface area contributed by atoms with Gasteiger partial charge in [0.1, 0.15) is 24.1 Å². The molecule has 1 N–H and O–H groups in total. The summed E-state index contributed by atoms with van der Waals surface area (Å²) in [6, 6.07) is 5.76. The lowest BCUT2D eigenvalue weighted by Gasteiger charge is -2.12.